The number of amides is 2. The molecule has 1 atom stereocenters. The topological polar surface area (TPSA) is 60.9 Å². The van der Waals surface area contributed by atoms with Gasteiger partial charge in [-0.1, -0.05) is 30.3 Å². The van der Waals surface area contributed by atoms with Crippen molar-refractivity contribution in [3.63, 3.8) is 0 Å². The molecule has 0 saturated carbocycles. The van der Waals surface area contributed by atoms with E-state index >= 15 is 0 Å². The predicted octanol–water partition coefficient (Wildman–Crippen LogP) is 1.23. The van der Waals surface area contributed by atoms with Crippen LogP contribution in [0.15, 0.2) is 30.3 Å². The zero-order chi connectivity index (χ0) is 16.4. The van der Waals surface area contributed by atoms with Crippen molar-refractivity contribution in [1.82, 2.24) is 9.80 Å². The number of benzene rings is 1. The Morgan fingerprint density at radius 1 is 1.26 bits per heavy atom. The van der Waals surface area contributed by atoms with E-state index in [1.807, 2.05) is 42.3 Å². The van der Waals surface area contributed by atoms with Gasteiger partial charge in [-0.2, -0.15) is 0 Å². The molecule has 2 fully saturated rings. The SMILES string of the molecule is CN1CC2(CCN(C(=O)CO)CC2)C[C@@H](c2ccccc2)C1=O. The Morgan fingerprint density at radius 2 is 1.91 bits per heavy atom. The number of likely N-dealkylation sites (tertiary alicyclic amines) is 2. The van der Waals surface area contributed by atoms with Crippen LogP contribution < -0.4 is 0 Å². The first kappa shape index (κ1) is 16.0. The summed E-state index contributed by atoms with van der Waals surface area (Å²) in [6.45, 7) is 1.68. The third kappa shape index (κ3) is 3.11. The minimum absolute atomic E-state index is 0.0788. The van der Waals surface area contributed by atoms with Crippen molar-refractivity contribution in [3.8, 4) is 0 Å². The molecule has 0 unspecified atom stereocenters. The van der Waals surface area contributed by atoms with Crippen LogP contribution in [0.3, 0.4) is 0 Å². The Labute approximate surface area is 136 Å². The molecule has 1 aromatic rings. The minimum Gasteiger partial charge on any atom is -0.387 e. The number of carbonyl (C=O) groups excluding carboxylic acids is 2. The van der Waals surface area contributed by atoms with E-state index in [1.54, 1.807) is 4.90 Å². The second kappa shape index (κ2) is 6.32. The molecule has 2 aliphatic rings. The quantitative estimate of drug-likeness (QED) is 0.893. The first-order valence-corrected chi connectivity index (χ1v) is 8.23. The average Bonchev–Trinajstić information content (AvgIpc) is 2.59. The lowest BCUT2D eigenvalue weighted by atomic mass is 9.67. The van der Waals surface area contributed by atoms with Crippen LogP contribution in [-0.2, 0) is 9.59 Å². The van der Waals surface area contributed by atoms with Gasteiger partial charge in [-0.15, -0.1) is 0 Å². The van der Waals surface area contributed by atoms with Gasteiger partial charge in [0, 0.05) is 26.7 Å². The van der Waals surface area contributed by atoms with Crippen molar-refractivity contribution in [2.75, 3.05) is 33.3 Å². The highest BCUT2D eigenvalue weighted by Gasteiger charge is 2.45. The second-order valence-corrected chi connectivity index (χ2v) is 6.90. The fourth-order valence-electron chi connectivity index (χ4n) is 4.07. The van der Waals surface area contributed by atoms with E-state index in [4.69, 9.17) is 5.11 Å². The number of aliphatic hydroxyl groups excluding tert-OH is 1. The predicted molar refractivity (Wildman–Crippen MR) is 86.8 cm³/mol. The Bertz CT molecular complexity index is 579. The zero-order valence-corrected chi connectivity index (χ0v) is 13.6. The Hall–Kier alpha value is -1.88. The van der Waals surface area contributed by atoms with Gasteiger partial charge in [0.1, 0.15) is 6.61 Å². The van der Waals surface area contributed by atoms with E-state index in [-0.39, 0.29) is 23.1 Å². The van der Waals surface area contributed by atoms with Crippen molar-refractivity contribution in [3.05, 3.63) is 35.9 Å². The maximum atomic E-state index is 12.6. The van der Waals surface area contributed by atoms with Gasteiger partial charge in [0.05, 0.1) is 5.92 Å². The molecule has 0 aromatic heterocycles. The van der Waals surface area contributed by atoms with E-state index in [1.165, 1.54) is 0 Å². The normalized spacial score (nSPS) is 24.1. The Balaban J connectivity index is 1.77. The summed E-state index contributed by atoms with van der Waals surface area (Å²) in [4.78, 5) is 27.8. The summed E-state index contributed by atoms with van der Waals surface area (Å²) in [6, 6.07) is 9.98. The molecule has 1 aromatic carbocycles. The fourth-order valence-corrected chi connectivity index (χ4v) is 4.07. The highest BCUT2D eigenvalue weighted by molar-refractivity contribution is 5.84. The van der Waals surface area contributed by atoms with Gasteiger partial charge in [0.15, 0.2) is 0 Å². The summed E-state index contributed by atoms with van der Waals surface area (Å²) in [5, 5.41) is 9.01. The van der Waals surface area contributed by atoms with E-state index in [9.17, 15) is 9.59 Å². The lowest BCUT2D eigenvalue weighted by molar-refractivity contribution is -0.144. The van der Waals surface area contributed by atoms with Gasteiger partial charge in [-0.25, -0.2) is 0 Å². The first-order chi connectivity index (χ1) is 11.0. The highest BCUT2D eigenvalue weighted by atomic mass is 16.3. The van der Waals surface area contributed by atoms with Crippen molar-refractivity contribution in [2.45, 2.75) is 25.2 Å². The van der Waals surface area contributed by atoms with Crippen molar-refractivity contribution < 1.29 is 14.7 Å². The average molecular weight is 316 g/mol. The van der Waals surface area contributed by atoms with Crippen LogP contribution in [-0.4, -0.2) is 60.0 Å². The van der Waals surface area contributed by atoms with Gasteiger partial charge in [0.2, 0.25) is 11.8 Å². The van der Waals surface area contributed by atoms with Crippen molar-refractivity contribution >= 4 is 11.8 Å². The number of piperidine rings is 2. The summed E-state index contributed by atoms with van der Waals surface area (Å²) in [5.41, 5.74) is 1.16. The Kier molecular flexibility index (Phi) is 4.39. The van der Waals surface area contributed by atoms with Crippen LogP contribution in [0, 0.1) is 5.41 Å². The number of likely N-dealkylation sites (N-methyl/N-ethyl adjacent to an activating group) is 1. The van der Waals surface area contributed by atoms with Crippen LogP contribution >= 0.6 is 0 Å². The van der Waals surface area contributed by atoms with Crippen LogP contribution in [0.4, 0.5) is 0 Å². The molecule has 124 valence electrons. The van der Waals surface area contributed by atoms with Gasteiger partial charge < -0.3 is 14.9 Å². The molecule has 23 heavy (non-hydrogen) atoms. The molecule has 1 N–H and O–H groups in total. The molecular weight excluding hydrogens is 292 g/mol. The number of rotatable bonds is 2. The number of hydrogen-bond acceptors (Lipinski definition) is 3. The molecule has 0 bridgehead atoms. The molecule has 5 nitrogen and oxygen atoms in total. The first-order valence-electron chi connectivity index (χ1n) is 8.23. The fraction of sp³-hybridized carbons (Fsp3) is 0.556. The molecule has 1 spiro atoms. The number of nitrogens with zero attached hydrogens (tertiary/aromatic N) is 2. The smallest absolute Gasteiger partial charge is 0.248 e. The summed E-state index contributed by atoms with van der Waals surface area (Å²) in [6.07, 6.45) is 2.63. The van der Waals surface area contributed by atoms with E-state index in [0.717, 1.165) is 31.4 Å². The van der Waals surface area contributed by atoms with Crippen LogP contribution in [0.5, 0.6) is 0 Å². The lowest BCUT2D eigenvalue weighted by Crippen LogP contribution is -2.53. The number of carbonyl (C=O) groups is 2. The monoisotopic (exact) mass is 316 g/mol. The Morgan fingerprint density at radius 3 is 2.52 bits per heavy atom. The van der Waals surface area contributed by atoms with E-state index in [0.29, 0.717) is 13.1 Å². The third-order valence-electron chi connectivity index (χ3n) is 5.40. The van der Waals surface area contributed by atoms with Crippen molar-refractivity contribution in [1.29, 1.82) is 0 Å². The molecule has 2 amide bonds. The molecule has 2 saturated heterocycles. The highest BCUT2D eigenvalue weighted by Crippen LogP contribution is 2.45. The summed E-state index contributed by atoms with van der Waals surface area (Å²) in [5.74, 6) is -0.0922. The zero-order valence-electron chi connectivity index (χ0n) is 13.6. The van der Waals surface area contributed by atoms with Crippen LogP contribution in [0.1, 0.15) is 30.7 Å². The van der Waals surface area contributed by atoms with Crippen LogP contribution in [0.2, 0.25) is 0 Å². The van der Waals surface area contributed by atoms with Crippen LogP contribution in [0.25, 0.3) is 0 Å². The van der Waals surface area contributed by atoms with Gasteiger partial charge in [-0.3, -0.25) is 9.59 Å². The molecular formula is C18H24N2O3. The van der Waals surface area contributed by atoms with E-state index in [2.05, 4.69) is 0 Å². The van der Waals surface area contributed by atoms with Gasteiger partial charge >= 0.3 is 0 Å². The minimum atomic E-state index is -0.419. The number of hydrogen-bond donors (Lipinski definition) is 1. The van der Waals surface area contributed by atoms with Crippen molar-refractivity contribution in [2.24, 2.45) is 5.41 Å². The summed E-state index contributed by atoms with van der Waals surface area (Å²) in [7, 11) is 1.88. The molecule has 0 aliphatic carbocycles. The van der Waals surface area contributed by atoms with Gasteiger partial charge in [0.25, 0.3) is 0 Å². The molecule has 2 heterocycles. The molecule has 2 aliphatic heterocycles. The van der Waals surface area contributed by atoms with E-state index < -0.39 is 6.61 Å². The molecule has 5 heteroatoms. The molecule has 3 rings (SSSR count). The standard InChI is InChI=1S/C18H24N2O3/c1-19-13-18(7-9-20(10-8-18)16(22)12-21)11-15(17(19)23)14-5-3-2-4-6-14/h2-6,15,21H,7-13H2,1H3/t15-/m0/s1. The summed E-state index contributed by atoms with van der Waals surface area (Å²) < 4.78 is 0. The molecule has 0 radical (unpaired) electrons. The van der Waals surface area contributed by atoms with Gasteiger partial charge in [-0.05, 0) is 30.2 Å². The largest absolute Gasteiger partial charge is 0.387 e. The maximum Gasteiger partial charge on any atom is 0.248 e. The summed E-state index contributed by atoms with van der Waals surface area (Å²) >= 11 is 0. The lowest BCUT2D eigenvalue weighted by Gasteiger charge is -2.49. The second-order valence-electron chi connectivity index (χ2n) is 6.90. The maximum absolute atomic E-state index is 12.6. The third-order valence-corrected chi connectivity index (χ3v) is 5.40. The number of aliphatic hydroxyl groups is 1.